The number of benzene rings is 1. The van der Waals surface area contributed by atoms with Crippen molar-refractivity contribution in [3.05, 3.63) is 41.0 Å². The van der Waals surface area contributed by atoms with Crippen LogP contribution in [0.15, 0.2) is 12.1 Å². The number of hydrogen-bond acceptors (Lipinski definition) is 3. The highest BCUT2D eigenvalue weighted by molar-refractivity contribution is 5.89. The highest BCUT2D eigenvalue weighted by atomic mass is 19.4. The van der Waals surface area contributed by atoms with Gasteiger partial charge in [-0.1, -0.05) is 0 Å². The number of aliphatic hydroxyl groups is 1. The fourth-order valence-electron chi connectivity index (χ4n) is 1.42. The molecule has 0 aromatic heterocycles. The smallest absolute Gasteiger partial charge is 0.434 e. The number of rotatable bonds is 3. The van der Waals surface area contributed by atoms with Crippen molar-refractivity contribution in [2.75, 3.05) is 0 Å². The molecule has 140 valence electrons. The van der Waals surface area contributed by atoms with Crippen LogP contribution in [0.4, 0.5) is 43.9 Å². The molecule has 1 aromatic carbocycles. The highest BCUT2D eigenvalue weighted by Gasteiger charge is 2.59. The van der Waals surface area contributed by atoms with E-state index in [9.17, 15) is 53.8 Å². The first-order chi connectivity index (χ1) is 11.2. The molecule has 0 fully saturated rings. The summed E-state index contributed by atoms with van der Waals surface area (Å²) in [5.74, 6) is -13.3. The second kappa shape index (κ2) is 6.80. The van der Waals surface area contributed by atoms with Gasteiger partial charge in [-0.05, 0) is 6.07 Å². The van der Waals surface area contributed by atoms with Crippen LogP contribution in [-0.4, -0.2) is 29.5 Å². The summed E-state index contributed by atoms with van der Waals surface area (Å²) in [6, 6.07) is -0.183. The Morgan fingerprint density at radius 1 is 0.960 bits per heavy atom. The number of aliphatic hydroxyl groups excluding tert-OH is 1. The molecule has 0 aliphatic carbocycles. The maximum absolute atomic E-state index is 13.3. The number of ether oxygens (including phenoxy) is 1. The first-order valence-corrected chi connectivity index (χ1v) is 5.74. The summed E-state index contributed by atoms with van der Waals surface area (Å²) in [6.07, 6.45) is -17.2. The van der Waals surface area contributed by atoms with E-state index in [-0.39, 0.29) is 6.07 Å². The number of esters is 1. The van der Waals surface area contributed by atoms with Gasteiger partial charge in [-0.15, -0.1) is 0 Å². The fraction of sp³-hybridized carbons (Fsp3) is 0.250. The van der Waals surface area contributed by atoms with Crippen LogP contribution >= 0.6 is 0 Å². The fourth-order valence-corrected chi connectivity index (χ4v) is 1.42. The van der Waals surface area contributed by atoms with Gasteiger partial charge in [0.15, 0.2) is 23.3 Å². The van der Waals surface area contributed by atoms with Gasteiger partial charge >= 0.3 is 18.3 Å². The Morgan fingerprint density at radius 3 is 1.88 bits per heavy atom. The molecule has 0 atom stereocenters. The van der Waals surface area contributed by atoms with Gasteiger partial charge in [0, 0.05) is 0 Å². The quantitative estimate of drug-likeness (QED) is 0.212. The Hall–Kier alpha value is -2.47. The molecule has 0 unspecified atom stereocenters. The average Bonchev–Trinajstić information content (AvgIpc) is 2.43. The van der Waals surface area contributed by atoms with E-state index in [4.69, 9.17) is 0 Å². The van der Waals surface area contributed by atoms with Gasteiger partial charge in [-0.2, -0.15) is 26.3 Å². The van der Waals surface area contributed by atoms with Crippen molar-refractivity contribution >= 4 is 11.7 Å². The molecule has 1 N–H and O–H groups in total. The number of carbonyl (C=O) groups is 1. The Labute approximate surface area is 131 Å². The molecule has 0 saturated heterocycles. The molecule has 3 nitrogen and oxygen atoms in total. The standard InChI is InChI=1S/C12H4F10O3/c13-4-1-3(7(14)9(16)8(4)15)5(23)2-6(24)25-10(11(17,18)19)12(20,21)22/h1-2,10,23H. The van der Waals surface area contributed by atoms with E-state index in [1.807, 2.05) is 0 Å². The van der Waals surface area contributed by atoms with Gasteiger partial charge in [0.05, 0.1) is 11.6 Å². The number of alkyl halides is 6. The second-order valence-corrected chi connectivity index (χ2v) is 4.28. The molecule has 0 saturated carbocycles. The summed E-state index contributed by atoms with van der Waals surface area (Å²) >= 11 is 0. The molecule has 0 bridgehead atoms. The van der Waals surface area contributed by atoms with Crippen LogP contribution in [0, 0.1) is 23.3 Å². The number of carbonyl (C=O) groups excluding carboxylic acids is 1. The average molecular weight is 386 g/mol. The van der Waals surface area contributed by atoms with Gasteiger partial charge in [0.2, 0.25) is 0 Å². The minimum absolute atomic E-state index is 0.183. The monoisotopic (exact) mass is 386 g/mol. The number of halogens is 10. The van der Waals surface area contributed by atoms with Gasteiger partial charge < -0.3 is 9.84 Å². The first-order valence-electron chi connectivity index (χ1n) is 5.74. The van der Waals surface area contributed by atoms with Crippen molar-refractivity contribution in [1.82, 2.24) is 0 Å². The van der Waals surface area contributed by atoms with Crippen molar-refractivity contribution in [2.45, 2.75) is 18.5 Å². The largest absolute Gasteiger partial charge is 0.507 e. The predicted molar refractivity (Wildman–Crippen MR) is 58.9 cm³/mol. The molecule has 0 radical (unpaired) electrons. The molecule has 13 heteroatoms. The van der Waals surface area contributed by atoms with E-state index >= 15 is 0 Å². The Kier molecular flexibility index (Phi) is 5.60. The zero-order valence-electron chi connectivity index (χ0n) is 11.3. The van der Waals surface area contributed by atoms with Gasteiger partial charge in [0.1, 0.15) is 5.76 Å². The van der Waals surface area contributed by atoms with Crippen LogP contribution in [0.1, 0.15) is 5.56 Å². The zero-order chi connectivity index (χ0) is 19.7. The Bertz CT molecular complexity index is 691. The van der Waals surface area contributed by atoms with Crippen LogP contribution in [0.3, 0.4) is 0 Å². The third kappa shape index (κ3) is 4.76. The summed E-state index contributed by atoms with van der Waals surface area (Å²) in [5, 5.41) is 9.23. The summed E-state index contributed by atoms with van der Waals surface area (Å²) < 4.78 is 128. The van der Waals surface area contributed by atoms with E-state index in [0.717, 1.165) is 0 Å². The van der Waals surface area contributed by atoms with Crippen molar-refractivity contribution in [1.29, 1.82) is 0 Å². The maximum atomic E-state index is 13.3. The van der Waals surface area contributed by atoms with E-state index in [1.165, 1.54) is 0 Å². The highest BCUT2D eigenvalue weighted by Crippen LogP contribution is 2.36. The molecular formula is C12H4F10O3. The maximum Gasteiger partial charge on any atom is 0.434 e. The second-order valence-electron chi connectivity index (χ2n) is 4.28. The lowest BCUT2D eigenvalue weighted by molar-refractivity contribution is -0.312. The van der Waals surface area contributed by atoms with Crippen molar-refractivity contribution in [2.24, 2.45) is 0 Å². The predicted octanol–water partition coefficient (Wildman–Crippen LogP) is 4.18. The van der Waals surface area contributed by atoms with Crippen molar-refractivity contribution in [3.63, 3.8) is 0 Å². The lowest BCUT2D eigenvalue weighted by Crippen LogP contribution is -2.45. The molecule has 0 spiro atoms. The normalized spacial score (nSPS) is 13.3. The lowest BCUT2D eigenvalue weighted by atomic mass is 10.1. The van der Waals surface area contributed by atoms with E-state index in [2.05, 4.69) is 4.74 Å². The van der Waals surface area contributed by atoms with Crippen LogP contribution in [0.5, 0.6) is 0 Å². The van der Waals surface area contributed by atoms with Crippen LogP contribution in [0.25, 0.3) is 5.76 Å². The molecule has 0 heterocycles. The minimum atomic E-state index is -6.06. The minimum Gasteiger partial charge on any atom is -0.507 e. The molecule has 0 aliphatic heterocycles. The topological polar surface area (TPSA) is 46.5 Å². The molecule has 25 heavy (non-hydrogen) atoms. The molecular weight excluding hydrogens is 382 g/mol. The lowest BCUT2D eigenvalue weighted by Gasteiger charge is -2.22. The van der Waals surface area contributed by atoms with Gasteiger partial charge in [-0.25, -0.2) is 22.4 Å². The van der Waals surface area contributed by atoms with Crippen molar-refractivity contribution < 1.29 is 58.5 Å². The van der Waals surface area contributed by atoms with Crippen LogP contribution in [-0.2, 0) is 9.53 Å². The summed E-state index contributed by atoms with van der Waals surface area (Å²) in [7, 11) is 0. The molecule has 1 aromatic rings. The number of hydrogen-bond donors (Lipinski definition) is 1. The van der Waals surface area contributed by atoms with Crippen LogP contribution < -0.4 is 0 Å². The summed E-state index contributed by atoms with van der Waals surface area (Å²) in [4.78, 5) is 11.0. The Balaban J connectivity index is 3.17. The van der Waals surface area contributed by atoms with Gasteiger partial charge in [-0.3, -0.25) is 0 Å². The third-order valence-electron chi connectivity index (χ3n) is 2.46. The first kappa shape index (κ1) is 20.6. The van der Waals surface area contributed by atoms with E-state index in [1.54, 1.807) is 0 Å². The summed E-state index contributed by atoms with van der Waals surface area (Å²) in [6.45, 7) is 0. The third-order valence-corrected chi connectivity index (χ3v) is 2.46. The SMILES string of the molecule is O=C(C=C(O)c1cc(F)c(F)c(F)c1F)OC(C(F)(F)F)C(F)(F)F. The molecule has 0 aliphatic rings. The molecule has 0 amide bonds. The molecule has 1 rings (SSSR count). The summed E-state index contributed by atoms with van der Waals surface area (Å²) in [5.41, 5.74) is -1.54. The van der Waals surface area contributed by atoms with Crippen molar-refractivity contribution in [3.8, 4) is 0 Å². The zero-order valence-corrected chi connectivity index (χ0v) is 11.3. The van der Waals surface area contributed by atoms with E-state index in [0.29, 0.717) is 0 Å². The van der Waals surface area contributed by atoms with Crippen LogP contribution in [0.2, 0.25) is 0 Å². The van der Waals surface area contributed by atoms with E-state index < -0.39 is 65.1 Å². The van der Waals surface area contributed by atoms with Gasteiger partial charge in [0.25, 0.3) is 6.10 Å². The Morgan fingerprint density at radius 2 is 1.44 bits per heavy atom.